The predicted octanol–water partition coefficient (Wildman–Crippen LogP) is 2.24. The van der Waals surface area contributed by atoms with Gasteiger partial charge < -0.3 is 9.47 Å². The number of rotatable bonds is 5. The van der Waals surface area contributed by atoms with E-state index in [4.69, 9.17) is 0 Å². The molecule has 1 saturated heterocycles. The van der Waals surface area contributed by atoms with Gasteiger partial charge >= 0.3 is 4.87 Å². The highest BCUT2D eigenvalue weighted by molar-refractivity contribution is 7.07. The molecule has 0 atom stereocenters. The van der Waals surface area contributed by atoms with Gasteiger partial charge in [-0.2, -0.15) is 0 Å². The highest BCUT2D eigenvalue weighted by atomic mass is 32.1. The van der Waals surface area contributed by atoms with Crippen LogP contribution in [0, 0.1) is 6.92 Å². The molecule has 0 unspecified atom stereocenters. The summed E-state index contributed by atoms with van der Waals surface area (Å²) >= 11 is 1.26. The first-order valence-electron chi connectivity index (χ1n) is 8.84. The molecular weight excluding hydrogens is 334 g/mol. The number of aromatic nitrogens is 1. The molecule has 1 aliphatic rings. The highest BCUT2D eigenvalue weighted by Gasteiger charge is 2.22. The molecule has 0 N–H and O–H groups in total. The van der Waals surface area contributed by atoms with Crippen LogP contribution in [0.15, 0.2) is 34.4 Å². The van der Waals surface area contributed by atoms with Gasteiger partial charge in [0.25, 0.3) is 5.91 Å². The number of thiazole rings is 1. The molecule has 1 aliphatic heterocycles. The van der Waals surface area contributed by atoms with Gasteiger partial charge in [0.1, 0.15) is 0 Å². The number of piperazine rings is 1. The zero-order chi connectivity index (χ0) is 17.8. The maximum absolute atomic E-state index is 12.6. The van der Waals surface area contributed by atoms with Crippen LogP contribution in [0.5, 0.6) is 0 Å². The maximum atomic E-state index is 12.6. The fourth-order valence-electron chi connectivity index (χ4n) is 3.16. The smallest absolute Gasteiger partial charge is 0.307 e. The topological polar surface area (TPSA) is 45.6 Å². The van der Waals surface area contributed by atoms with E-state index in [2.05, 4.69) is 11.8 Å². The van der Waals surface area contributed by atoms with Crippen LogP contribution in [-0.4, -0.2) is 53.0 Å². The number of aryl methyl sites for hydroxylation is 2. The van der Waals surface area contributed by atoms with E-state index in [1.807, 2.05) is 46.0 Å². The molecule has 5 nitrogen and oxygen atoms in total. The highest BCUT2D eigenvalue weighted by Crippen LogP contribution is 2.11. The molecular formula is C19H25N3O2S. The Bertz CT molecular complexity index is 771. The van der Waals surface area contributed by atoms with E-state index in [1.165, 1.54) is 16.9 Å². The average molecular weight is 359 g/mol. The lowest BCUT2D eigenvalue weighted by Crippen LogP contribution is -2.49. The van der Waals surface area contributed by atoms with Crippen molar-refractivity contribution in [3.05, 3.63) is 56.1 Å². The minimum absolute atomic E-state index is 0.113. The molecule has 1 aromatic heterocycles. The summed E-state index contributed by atoms with van der Waals surface area (Å²) in [5, 5.41) is 1.91. The number of hydrogen-bond donors (Lipinski definition) is 0. The lowest BCUT2D eigenvalue weighted by atomic mass is 10.1. The van der Waals surface area contributed by atoms with Gasteiger partial charge in [0.15, 0.2) is 0 Å². The van der Waals surface area contributed by atoms with Crippen molar-refractivity contribution in [1.29, 1.82) is 0 Å². The van der Waals surface area contributed by atoms with Gasteiger partial charge in [-0.25, -0.2) is 0 Å². The maximum Gasteiger partial charge on any atom is 0.307 e. The third-order valence-electron chi connectivity index (χ3n) is 4.88. The van der Waals surface area contributed by atoms with Crippen molar-refractivity contribution in [3.63, 3.8) is 0 Å². The Hall–Kier alpha value is -1.92. The lowest BCUT2D eigenvalue weighted by molar-refractivity contribution is 0.0633. The molecule has 3 rings (SSSR count). The zero-order valence-corrected chi connectivity index (χ0v) is 15.7. The molecule has 1 fully saturated rings. The van der Waals surface area contributed by atoms with Gasteiger partial charge in [0, 0.05) is 55.9 Å². The van der Waals surface area contributed by atoms with Crippen molar-refractivity contribution < 1.29 is 4.79 Å². The van der Waals surface area contributed by atoms with E-state index >= 15 is 0 Å². The van der Waals surface area contributed by atoms with E-state index < -0.39 is 0 Å². The summed E-state index contributed by atoms with van der Waals surface area (Å²) in [6.07, 6.45) is 0.986. The first kappa shape index (κ1) is 17.9. The molecule has 2 aromatic rings. The Morgan fingerprint density at radius 3 is 2.32 bits per heavy atom. The molecule has 6 heteroatoms. The summed E-state index contributed by atoms with van der Waals surface area (Å²) in [7, 11) is 0. The number of hydrogen-bond acceptors (Lipinski definition) is 4. The number of nitrogens with zero attached hydrogens (tertiary/aromatic N) is 3. The molecule has 25 heavy (non-hydrogen) atoms. The van der Waals surface area contributed by atoms with Crippen molar-refractivity contribution in [1.82, 2.24) is 14.4 Å². The van der Waals surface area contributed by atoms with Crippen LogP contribution in [0.4, 0.5) is 0 Å². The van der Waals surface area contributed by atoms with E-state index in [1.54, 1.807) is 0 Å². The Balaban J connectivity index is 1.51. The fourth-order valence-corrected chi connectivity index (χ4v) is 3.92. The van der Waals surface area contributed by atoms with Gasteiger partial charge in [-0.1, -0.05) is 30.4 Å². The van der Waals surface area contributed by atoms with Crippen LogP contribution >= 0.6 is 11.3 Å². The second-order valence-corrected chi connectivity index (χ2v) is 7.30. The molecule has 0 bridgehead atoms. The number of carbonyl (C=O) groups excluding carboxylic acids is 1. The predicted molar refractivity (Wildman–Crippen MR) is 101 cm³/mol. The molecule has 2 heterocycles. The van der Waals surface area contributed by atoms with E-state index in [0.717, 1.165) is 56.9 Å². The minimum Gasteiger partial charge on any atom is -0.336 e. The van der Waals surface area contributed by atoms with Crippen molar-refractivity contribution in [2.24, 2.45) is 0 Å². The van der Waals surface area contributed by atoms with Crippen molar-refractivity contribution in [2.75, 3.05) is 32.7 Å². The SMILES string of the molecule is CCc1ccc(C(=O)N2CCN(CCn3c(C)csc3=O)CC2)cc1. The van der Waals surface area contributed by atoms with E-state index in [0.29, 0.717) is 0 Å². The Kier molecular flexibility index (Phi) is 5.71. The fraction of sp³-hybridized carbons (Fsp3) is 0.474. The summed E-state index contributed by atoms with van der Waals surface area (Å²) in [5.41, 5.74) is 3.05. The summed E-state index contributed by atoms with van der Waals surface area (Å²) in [6, 6.07) is 7.92. The lowest BCUT2D eigenvalue weighted by Gasteiger charge is -2.34. The van der Waals surface area contributed by atoms with Crippen LogP contribution in [0.1, 0.15) is 28.5 Å². The number of amides is 1. The van der Waals surface area contributed by atoms with Crippen LogP contribution in [-0.2, 0) is 13.0 Å². The monoisotopic (exact) mass is 359 g/mol. The summed E-state index contributed by atoms with van der Waals surface area (Å²) < 4.78 is 1.83. The molecule has 1 amide bonds. The standard InChI is InChI=1S/C19H25N3O2S/c1-3-16-4-6-17(7-5-16)18(23)21-11-8-20(9-12-21)10-13-22-15(2)14-25-19(22)24/h4-7,14H,3,8-13H2,1-2H3. The number of carbonyl (C=O) groups is 1. The molecule has 0 spiro atoms. The third kappa shape index (κ3) is 4.19. The molecule has 0 aliphatic carbocycles. The summed E-state index contributed by atoms with van der Waals surface area (Å²) in [6.45, 7) is 8.86. The molecule has 134 valence electrons. The Labute approximate surface area is 152 Å². The second-order valence-electron chi connectivity index (χ2n) is 6.48. The van der Waals surface area contributed by atoms with Crippen LogP contribution < -0.4 is 4.87 Å². The van der Waals surface area contributed by atoms with Crippen molar-refractivity contribution >= 4 is 17.2 Å². The van der Waals surface area contributed by atoms with Crippen LogP contribution in [0.25, 0.3) is 0 Å². The summed E-state index contributed by atoms with van der Waals surface area (Å²) in [4.78, 5) is 28.7. The first-order chi connectivity index (χ1) is 12.1. The largest absolute Gasteiger partial charge is 0.336 e. The zero-order valence-electron chi connectivity index (χ0n) is 14.9. The molecule has 0 radical (unpaired) electrons. The van der Waals surface area contributed by atoms with Crippen LogP contribution in [0.3, 0.4) is 0 Å². The average Bonchev–Trinajstić information content (AvgIpc) is 2.98. The van der Waals surface area contributed by atoms with Gasteiger partial charge in [-0.05, 0) is 31.0 Å². The normalized spacial score (nSPS) is 15.5. The minimum atomic E-state index is 0.113. The first-order valence-corrected chi connectivity index (χ1v) is 9.72. The number of benzene rings is 1. The van der Waals surface area contributed by atoms with Gasteiger partial charge in [-0.3, -0.25) is 14.5 Å². The quantitative estimate of drug-likeness (QED) is 0.822. The van der Waals surface area contributed by atoms with Gasteiger partial charge in [0.05, 0.1) is 0 Å². The van der Waals surface area contributed by atoms with Crippen molar-refractivity contribution in [2.45, 2.75) is 26.8 Å². The van der Waals surface area contributed by atoms with Gasteiger partial charge in [0.2, 0.25) is 0 Å². The van der Waals surface area contributed by atoms with Crippen molar-refractivity contribution in [3.8, 4) is 0 Å². The van der Waals surface area contributed by atoms with Crippen LogP contribution in [0.2, 0.25) is 0 Å². The Morgan fingerprint density at radius 1 is 1.08 bits per heavy atom. The third-order valence-corrected chi connectivity index (χ3v) is 5.77. The second kappa shape index (κ2) is 7.97. The molecule has 0 saturated carbocycles. The van der Waals surface area contributed by atoms with E-state index in [-0.39, 0.29) is 10.8 Å². The summed E-state index contributed by atoms with van der Waals surface area (Å²) in [5.74, 6) is 0.118. The Morgan fingerprint density at radius 2 is 1.76 bits per heavy atom. The van der Waals surface area contributed by atoms with E-state index in [9.17, 15) is 9.59 Å². The van der Waals surface area contributed by atoms with Gasteiger partial charge in [-0.15, -0.1) is 0 Å². The molecule has 1 aromatic carbocycles.